The van der Waals surface area contributed by atoms with Crippen LogP contribution in [-0.2, 0) is 4.74 Å². The molecule has 0 aromatic carbocycles. The van der Waals surface area contributed by atoms with E-state index in [9.17, 15) is 5.11 Å². The first kappa shape index (κ1) is 11.4. The lowest BCUT2D eigenvalue weighted by Gasteiger charge is -2.25. The van der Waals surface area contributed by atoms with Crippen LogP contribution in [0.25, 0.3) is 0 Å². The summed E-state index contributed by atoms with van der Waals surface area (Å²) < 4.78 is 5.62. The number of hydrogen-bond donors (Lipinski definition) is 1. The summed E-state index contributed by atoms with van der Waals surface area (Å²) >= 11 is 0. The van der Waals surface area contributed by atoms with Gasteiger partial charge in [-0.15, -0.1) is 0 Å². The summed E-state index contributed by atoms with van der Waals surface area (Å²) in [7, 11) is 0. The van der Waals surface area contributed by atoms with Crippen molar-refractivity contribution in [3.05, 3.63) is 0 Å². The van der Waals surface area contributed by atoms with Crippen LogP contribution in [-0.4, -0.2) is 18.0 Å². The zero-order valence-electron chi connectivity index (χ0n) is 9.66. The van der Waals surface area contributed by atoms with Gasteiger partial charge < -0.3 is 9.84 Å². The first-order valence-electron chi connectivity index (χ1n) is 6.66. The normalized spacial score (nSPS) is 27.0. The first-order valence-corrected chi connectivity index (χ1v) is 6.66. The van der Waals surface area contributed by atoms with E-state index in [0.29, 0.717) is 5.92 Å². The molecule has 2 aliphatic carbocycles. The van der Waals surface area contributed by atoms with Crippen molar-refractivity contribution < 1.29 is 9.84 Å². The van der Waals surface area contributed by atoms with Crippen LogP contribution in [0.3, 0.4) is 0 Å². The molecule has 0 radical (unpaired) electrons. The fourth-order valence-corrected chi connectivity index (χ4v) is 2.97. The molecule has 1 N–H and O–H groups in total. The number of aliphatic hydroxyl groups excluding tert-OH is 1. The van der Waals surface area contributed by atoms with Crippen LogP contribution in [0, 0.1) is 11.8 Å². The second kappa shape index (κ2) is 5.86. The third-order valence-electron chi connectivity index (χ3n) is 4.03. The first-order chi connectivity index (χ1) is 7.36. The minimum Gasteiger partial charge on any atom is -0.368 e. The van der Waals surface area contributed by atoms with E-state index in [1.54, 1.807) is 0 Å². The molecule has 1 atom stereocenters. The van der Waals surface area contributed by atoms with Gasteiger partial charge in [-0.1, -0.05) is 32.1 Å². The van der Waals surface area contributed by atoms with Crippen molar-refractivity contribution in [2.24, 2.45) is 11.8 Å². The summed E-state index contributed by atoms with van der Waals surface area (Å²) in [6, 6.07) is 0. The fourth-order valence-electron chi connectivity index (χ4n) is 2.97. The minimum absolute atomic E-state index is 0.425. The van der Waals surface area contributed by atoms with Crippen molar-refractivity contribution >= 4 is 0 Å². The summed E-state index contributed by atoms with van der Waals surface area (Å²) in [4.78, 5) is 0. The molecule has 1 unspecified atom stereocenters. The fraction of sp³-hybridized carbons (Fsp3) is 1.00. The Kier molecular flexibility index (Phi) is 4.45. The van der Waals surface area contributed by atoms with Crippen LogP contribution in [0.1, 0.15) is 57.8 Å². The highest BCUT2D eigenvalue weighted by molar-refractivity contribution is 4.71. The zero-order chi connectivity index (χ0) is 10.5. The number of hydrogen-bond acceptors (Lipinski definition) is 2. The van der Waals surface area contributed by atoms with Crippen molar-refractivity contribution in [3.8, 4) is 0 Å². The predicted octanol–water partition coefficient (Wildman–Crippen LogP) is 3.09. The Morgan fingerprint density at radius 3 is 2.20 bits per heavy atom. The Morgan fingerprint density at radius 2 is 1.53 bits per heavy atom. The number of rotatable bonds is 4. The van der Waals surface area contributed by atoms with Crippen LogP contribution in [0.15, 0.2) is 0 Å². The van der Waals surface area contributed by atoms with E-state index >= 15 is 0 Å². The summed E-state index contributed by atoms with van der Waals surface area (Å²) in [5.41, 5.74) is 0. The number of aliphatic hydroxyl groups is 1. The maximum Gasteiger partial charge on any atom is 0.157 e. The molecule has 2 nitrogen and oxygen atoms in total. The van der Waals surface area contributed by atoms with Gasteiger partial charge in [0.1, 0.15) is 0 Å². The van der Waals surface area contributed by atoms with Gasteiger partial charge in [0.2, 0.25) is 0 Å². The topological polar surface area (TPSA) is 29.5 Å². The van der Waals surface area contributed by atoms with Crippen LogP contribution in [0.4, 0.5) is 0 Å². The molecule has 88 valence electrons. The highest BCUT2D eigenvalue weighted by atomic mass is 16.6. The molecule has 0 aliphatic heterocycles. The lowest BCUT2D eigenvalue weighted by atomic mass is 9.90. The molecule has 2 fully saturated rings. The molecule has 0 bridgehead atoms. The minimum atomic E-state index is -0.477. The highest BCUT2D eigenvalue weighted by Crippen LogP contribution is 2.29. The van der Waals surface area contributed by atoms with Crippen molar-refractivity contribution in [1.82, 2.24) is 0 Å². The van der Waals surface area contributed by atoms with E-state index in [2.05, 4.69) is 0 Å². The third-order valence-corrected chi connectivity index (χ3v) is 4.03. The number of ether oxygens (including phenoxy) is 1. The van der Waals surface area contributed by atoms with E-state index in [1.807, 2.05) is 0 Å². The van der Waals surface area contributed by atoms with Crippen LogP contribution >= 0.6 is 0 Å². The van der Waals surface area contributed by atoms with E-state index in [-0.39, 0.29) is 0 Å². The molecule has 15 heavy (non-hydrogen) atoms. The molecule has 0 aromatic heterocycles. The van der Waals surface area contributed by atoms with Crippen LogP contribution in [0.5, 0.6) is 0 Å². The van der Waals surface area contributed by atoms with E-state index in [4.69, 9.17) is 4.74 Å². The van der Waals surface area contributed by atoms with Gasteiger partial charge in [0, 0.05) is 5.92 Å². The van der Waals surface area contributed by atoms with E-state index < -0.39 is 6.29 Å². The Balaban J connectivity index is 1.63. The van der Waals surface area contributed by atoms with Gasteiger partial charge in [0.25, 0.3) is 0 Å². The van der Waals surface area contributed by atoms with Crippen molar-refractivity contribution in [3.63, 3.8) is 0 Å². The maximum atomic E-state index is 9.86. The summed E-state index contributed by atoms with van der Waals surface area (Å²) in [6.45, 7) is 0.789. The SMILES string of the molecule is OC(OCC1CCCCC1)C1CCCC1. The Labute approximate surface area is 93.0 Å². The maximum absolute atomic E-state index is 9.86. The van der Waals surface area contributed by atoms with Gasteiger partial charge >= 0.3 is 0 Å². The molecular formula is C13H24O2. The average Bonchev–Trinajstić information content (AvgIpc) is 2.81. The molecule has 2 rings (SSSR count). The summed E-state index contributed by atoms with van der Waals surface area (Å²) in [5, 5.41) is 9.86. The van der Waals surface area contributed by atoms with Gasteiger partial charge in [-0.25, -0.2) is 0 Å². The monoisotopic (exact) mass is 212 g/mol. The van der Waals surface area contributed by atoms with E-state index in [1.165, 1.54) is 44.9 Å². The average molecular weight is 212 g/mol. The van der Waals surface area contributed by atoms with Crippen molar-refractivity contribution in [1.29, 1.82) is 0 Å². The van der Waals surface area contributed by atoms with Gasteiger partial charge in [-0.3, -0.25) is 0 Å². The zero-order valence-corrected chi connectivity index (χ0v) is 9.66. The molecule has 2 heteroatoms. The van der Waals surface area contributed by atoms with Gasteiger partial charge in [-0.05, 0) is 31.6 Å². The molecule has 0 heterocycles. The van der Waals surface area contributed by atoms with Crippen LogP contribution in [0.2, 0.25) is 0 Å². The standard InChI is InChI=1S/C13H24O2/c14-13(12-8-4-5-9-12)15-10-11-6-2-1-3-7-11/h11-14H,1-10H2. The Bertz CT molecular complexity index is 169. The molecule has 0 amide bonds. The van der Waals surface area contributed by atoms with Crippen molar-refractivity contribution in [2.75, 3.05) is 6.61 Å². The lowest BCUT2D eigenvalue weighted by molar-refractivity contribution is -0.143. The molecular weight excluding hydrogens is 188 g/mol. The predicted molar refractivity (Wildman–Crippen MR) is 60.5 cm³/mol. The molecule has 2 saturated carbocycles. The third kappa shape index (κ3) is 3.46. The smallest absolute Gasteiger partial charge is 0.157 e. The van der Waals surface area contributed by atoms with Gasteiger partial charge in [-0.2, -0.15) is 0 Å². The Hall–Kier alpha value is -0.0800. The second-order valence-corrected chi connectivity index (χ2v) is 5.27. The molecule has 0 aromatic rings. The lowest BCUT2D eigenvalue weighted by Crippen LogP contribution is -2.25. The van der Waals surface area contributed by atoms with Gasteiger partial charge in [0.15, 0.2) is 6.29 Å². The largest absolute Gasteiger partial charge is 0.368 e. The van der Waals surface area contributed by atoms with Crippen LogP contribution < -0.4 is 0 Å². The summed E-state index contributed by atoms with van der Waals surface area (Å²) in [5.74, 6) is 1.14. The second-order valence-electron chi connectivity index (χ2n) is 5.27. The highest BCUT2D eigenvalue weighted by Gasteiger charge is 2.24. The van der Waals surface area contributed by atoms with E-state index in [0.717, 1.165) is 25.4 Å². The summed E-state index contributed by atoms with van der Waals surface area (Å²) in [6.07, 6.45) is 11.1. The van der Waals surface area contributed by atoms with Crippen molar-refractivity contribution in [2.45, 2.75) is 64.1 Å². The Morgan fingerprint density at radius 1 is 0.933 bits per heavy atom. The molecule has 0 saturated heterocycles. The molecule has 2 aliphatic rings. The molecule has 0 spiro atoms. The van der Waals surface area contributed by atoms with Gasteiger partial charge in [0.05, 0.1) is 6.61 Å². The quantitative estimate of drug-likeness (QED) is 0.726.